The molecule has 6 rings (SSSR count). The van der Waals surface area contributed by atoms with E-state index >= 15 is 0 Å². The van der Waals surface area contributed by atoms with Crippen LogP contribution in [0.25, 0.3) is 22.4 Å². The maximum absolute atomic E-state index is 12.9. The highest BCUT2D eigenvalue weighted by atomic mass is 35.5. The molecule has 0 saturated carbocycles. The number of nitrogens with zero attached hydrogens (tertiary/aromatic N) is 4. The van der Waals surface area contributed by atoms with Gasteiger partial charge in [0.05, 0.1) is 28.5 Å². The number of hydrogen-bond acceptors (Lipinski definition) is 7. The average Bonchev–Trinajstić information content (AvgIpc) is 3.37. The van der Waals surface area contributed by atoms with Gasteiger partial charge >= 0.3 is 0 Å². The minimum Gasteiger partial charge on any atom is -0.481 e. The molecule has 12 heteroatoms. The van der Waals surface area contributed by atoms with E-state index in [9.17, 15) is 14.4 Å². The van der Waals surface area contributed by atoms with Gasteiger partial charge in [-0.3, -0.25) is 19.3 Å². The first-order valence-corrected chi connectivity index (χ1v) is 14.4. The predicted octanol–water partition coefficient (Wildman–Crippen LogP) is 4.40. The Labute approximate surface area is 257 Å². The number of aryl methyl sites for hydroxylation is 1. The van der Waals surface area contributed by atoms with Crippen LogP contribution < -0.4 is 20.9 Å². The molecule has 43 heavy (non-hydrogen) atoms. The van der Waals surface area contributed by atoms with Crippen LogP contribution in [0.1, 0.15) is 22.3 Å². The molecule has 0 unspecified atom stereocenters. The van der Waals surface area contributed by atoms with Crippen LogP contribution in [-0.4, -0.2) is 58.2 Å². The number of methoxy groups -OCH3 is 1. The Balaban J connectivity index is 1.25. The van der Waals surface area contributed by atoms with Gasteiger partial charge in [0.1, 0.15) is 5.56 Å². The third-order valence-electron chi connectivity index (χ3n) is 7.90. The Kier molecular flexibility index (Phi) is 7.68. The fourth-order valence-electron chi connectivity index (χ4n) is 5.79. The second-order valence-electron chi connectivity index (χ2n) is 10.9. The van der Waals surface area contributed by atoms with Gasteiger partial charge in [0, 0.05) is 73.5 Å². The van der Waals surface area contributed by atoms with Gasteiger partial charge in [0.15, 0.2) is 0 Å². The van der Waals surface area contributed by atoms with Gasteiger partial charge in [-0.2, -0.15) is 5.10 Å². The molecule has 2 aromatic heterocycles. The van der Waals surface area contributed by atoms with Crippen LogP contribution in [0.5, 0.6) is 5.88 Å². The normalized spacial score (nSPS) is 15.7. The van der Waals surface area contributed by atoms with Crippen LogP contribution in [0, 0.1) is 5.41 Å². The number of pyridine rings is 1. The number of aromatic nitrogens is 3. The molecule has 2 saturated heterocycles. The quantitative estimate of drug-likeness (QED) is 0.315. The van der Waals surface area contributed by atoms with Crippen LogP contribution in [0.2, 0.25) is 10.0 Å². The van der Waals surface area contributed by atoms with E-state index in [1.165, 1.54) is 19.3 Å². The van der Waals surface area contributed by atoms with Crippen molar-refractivity contribution in [2.45, 2.75) is 13.0 Å². The zero-order chi connectivity index (χ0) is 30.3. The number of carbonyl (C=O) groups excluding carboxylic acids is 2. The first-order chi connectivity index (χ1) is 20.7. The smallest absolute Gasteiger partial charge is 0.279 e. The molecular weight excluding hydrogens is 591 g/mol. The molecule has 10 nitrogen and oxygen atoms in total. The predicted molar refractivity (Wildman–Crippen MR) is 164 cm³/mol. The summed E-state index contributed by atoms with van der Waals surface area (Å²) < 4.78 is 6.74. The van der Waals surface area contributed by atoms with Gasteiger partial charge in [0.2, 0.25) is 11.8 Å². The van der Waals surface area contributed by atoms with Crippen molar-refractivity contribution in [3.8, 4) is 28.3 Å². The van der Waals surface area contributed by atoms with Crippen molar-refractivity contribution in [3.05, 3.63) is 92.3 Å². The van der Waals surface area contributed by atoms with Crippen molar-refractivity contribution >= 4 is 40.7 Å². The van der Waals surface area contributed by atoms with E-state index in [1.54, 1.807) is 25.3 Å². The maximum Gasteiger partial charge on any atom is 0.279 e. The van der Waals surface area contributed by atoms with Crippen LogP contribution in [0.3, 0.4) is 0 Å². The minimum absolute atomic E-state index is 0.0448. The number of benzene rings is 2. The van der Waals surface area contributed by atoms with Crippen LogP contribution in [-0.2, 0) is 18.4 Å². The average molecular weight is 620 g/mol. The number of halogens is 2. The molecule has 2 amide bonds. The molecule has 2 aromatic carbocycles. The summed E-state index contributed by atoms with van der Waals surface area (Å²) in [5, 5.41) is 10.2. The zero-order valence-electron chi connectivity index (χ0n) is 23.5. The number of nitrogens with one attached hydrogen (secondary N) is 2. The first kappa shape index (κ1) is 28.9. The van der Waals surface area contributed by atoms with E-state index in [4.69, 9.17) is 32.9 Å². The topological polar surface area (TPSA) is 118 Å². The molecule has 1 spiro atoms. The van der Waals surface area contributed by atoms with Gasteiger partial charge in [-0.15, -0.1) is 0 Å². The van der Waals surface area contributed by atoms with Gasteiger partial charge in [-0.25, -0.2) is 9.67 Å². The summed E-state index contributed by atoms with van der Waals surface area (Å²) in [5.41, 5.74) is 3.32. The van der Waals surface area contributed by atoms with Gasteiger partial charge < -0.3 is 15.4 Å². The molecule has 2 aliphatic heterocycles. The van der Waals surface area contributed by atoms with Crippen LogP contribution >= 0.6 is 23.2 Å². The summed E-state index contributed by atoms with van der Waals surface area (Å²) >= 11 is 13.7. The van der Waals surface area contributed by atoms with Crippen LogP contribution in [0.15, 0.2) is 65.6 Å². The second-order valence-corrected chi connectivity index (χ2v) is 11.7. The van der Waals surface area contributed by atoms with Crippen molar-refractivity contribution in [3.63, 3.8) is 0 Å². The van der Waals surface area contributed by atoms with Gasteiger partial charge in [-0.05, 0) is 18.2 Å². The highest BCUT2D eigenvalue weighted by Gasteiger charge is 2.47. The van der Waals surface area contributed by atoms with Crippen molar-refractivity contribution in [1.82, 2.24) is 25.0 Å². The summed E-state index contributed by atoms with van der Waals surface area (Å²) in [6, 6.07) is 16.0. The summed E-state index contributed by atoms with van der Waals surface area (Å²) in [6.45, 7) is 3.10. The first-order valence-electron chi connectivity index (χ1n) is 13.6. The monoisotopic (exact) mass is 618 g/mol. The number of hydrogen-bond donors (Lipinski definition) is 2. The molecule has 2 N–H and O–H groups in total. The molecule has 0 bridgehead atoms. The zero-order valence-corrected chi connectivity index (χ0v) is 25.0. The van der Waals surface area contributed by atoms with E-state index in [1.807, 2.05) is 30.3 Å². The summed E-state index contributed by atoms with van der Waals surface area (Å²) in [5.74, 6) is 0.0304. The highest BCUT2D eigenvalue weighted by molar-refractivity contribution is 6.39. The Morgan fingerprint density at radius 3 is 2.47 bits per heavy atom. The van der Waals surface area contributed by atoms with E-state index in [0.717, 1.165) is 29.9 Å². The van der Waals surface area contributed by atoms with E-state index < -0.39 is 11.5 Å². The third kappa shape index (κ3) is 5.49. The Morgan fingerprint density at radius 2 is 1.74 bits per heavy atom. The van der Waals surface area contributed by atoms with E-state index in [0.29, 0.717) is 51.9 Å². The summed E-state index contributed by atoms with van der Waals surface area (Å²) in [4.78, 5) is 44.0. The molecule has 0 atom stereocenters. The molecular formula is C31H28Cl2N6O4. The van der Waals surface area contributed by atoms with Gasteiger partial charge in [0.25, 0.3) is 11.5 Å². The van der Waals surface area contributed by atoms with Crippen molar-refractivity contribution in [1.29, 1.82) is 0 Å². The largest absolute Gasteiger partial charge is 0.481 e. The lowest BCUT2D eigenvalue weighted by Gasteiger charge is -2.47. The molecule has 220 valence electrons. The number of ether oxygens (including phenoxy) is 1. The fourth-order valence-corrected chi connectivity index (χ4v) is 6.39. The van der Waals surface area contributed by atoms with E-state index in [-0.39, 0.29) is 21.9 Å². The second kappa shape index (κ2) is 11.4. The maximum atomic E-state index is 12.9. The highest BCUT2D eigenvalue weighted by Crippen LogP contribution is 2.42. The summed E-state index contributed by atoms with van der Waals surface area (Å²) in [7, 11) is 3.06. The van der Waals surface area contributed by atoms with Crippen LogP contribution in [0.4, 0.5) is 5.69 Å². The fraction of sp³-hybridized carbons (Fsp3) is 0.258. The Bertz CT molecular complexity index is 1820. The van der Waals surface area contributed by atoms with Crippen molar-refractivity contribution < 1.29 is 14.3 Å². The molecule has 4 heterocycles. The van der Waals surface area contributed by atoms with Crippen molar-refractivity contribution in [2.24, 2.45) is 12.5 Å². The molecule has 0 radical (unpaired) electrons. The number of amides is 2. The van der Waals surface area contributed by atoms with E-state index in [2.05, 4.69) is 20.6 Å². The molecule has 2 fully saturated rings. The molecule has 0 aliphatic carbocycles. The Hall–Kier alpha value is -4.25. The standard InChI is InChI=1S/C31H28Cl2N6O4/c1-38-30(42)22(11-12-35-38)28(41)36-24-8-4-6-20(27(24)33)19-5-3-7-21(26(19)32)23-10-9-18(29(37-23)43-2)14-39-16-31(17-39)13-25(40)34-15-31/h3-12H,13-17H2,1-2H3,(H,34,40)(H,36,41). The molecule has 2 aliphatic rings. The SMILES string of the molecule is COc1nc(-c2cccc(-c3cccc(NC(=O)c4ccnn(C)c4=O)c3Cl)c2Cl)ccc1CN1CC2(CNC(=O)C2)C1. The number of rotatable bonds is 7. The Morgan fingerprint density at radius 1 is 1.02 bits per heavy atom. The third-order valence-corrected chi connectivity index (χ3v) is 8.72. The number of carbonyl (C=O) groups is 2. The van der Waals surface area contributed by atoms with Gasteiger partial charge in [-0.1, -0.05) is 59.6 Å². The molecule has 4 aromatic rings. The summed E-state index contributed by atoms with van der Waals surface area (Å²) in [6.07, 6.45) is 1.96. The minimum atomic E-state index is -0.597. The lowest BCUT2D eigenvalue weighted by atomic mass is 9.79. The number of anilines is 1. The lowest BCUT2D eigenvalue weighted by Crippen LogP contribution is -2.56. The van der Waals surface area contributed by atoms with Crippen molar-refractivity contribution in [2.75, 3.05) is 32.1 Å². The number of likely N-dealkylation sites (tertiary alicyclic amines) is 1. The lowest BCUT2D eigenvalue weighted by molar-refractivity contribution is -0.120.